The lowest BCUT2D eigenvalue weighted by Gasteiger charge is -2.26. The molecule has 1 aromatic carbocycles. The lowest BCUT2D eigenvalue weighted by Crippen LogP contribution is -2.46. The van der Waals surface area contributed by atoms with Gasteiger partial charge in [0, 0.05) is 19.6 Å². The summed E-state index contributed by atoms with van der Waals surface area (Å²) in [7, 11) is 1.88. The van der Waals surface area contributed by atoms with Crippen molar-refractivity contribution in [2.75, 3.05) is 26.7 Å². The van der Waals surface area contributed by atoms with Gasteiger partial charge in [0.05, 0.1) is 12.6 Å². The molecule has 3 amide bonds. The number of ether oxygens (including phenoxy) is 1. The Kier molecular flexibility index (Phi) is 5.38. The zero-order valence-electron chi connectivity index (χ0n) is 13.3. The molecule has 0 aromatic heterocycles. The van der Waals surface area contributed by atoms with E-state index < -0.39 is 0 Å². The third-order valence-electron chi connectivity index (χ3n) is 3.81. The molecule has 120 valence electrons. The zero-order valence-corrected chi connectivity index (χ0v) is 13.3. The summed E-state index contributed by atoms with van der Waals surface area (Å²) in [4.78, 5) is 27.1. The highest BCUT2D eigenvalue weighted by atomic mass is 16.5. The summed E-state index contributed by atoms with van der Waals surface area (Å²) in [6, 6.07) is 7.17. The summed E-state index contributed by atoms with van der Waals surface area (Å²) < 4.78 is 5.41. The van der Waals surface area contributed by atoms with Gasteiger partial charge in [-0.1, -0.05) is 12.1 Å². The standard InChI is InChI=1S/C16H23N3O3/c1-4-22-14-7-5-13(6-8-14)11-18(3)12(2)15(20)19-10-9-17-16(19)21/h5-8,12H,4,9-11H2,1-3H3,(H,17,21)/t12-/m0/s1. The molecule has 0 unspecified atom stereocenters. The van der Waals surface area contributed by atoms with Crippen LogP contribution in [0, 0.1) is 0 Å². The lowest BCUT2D eigenvalue weighted by atomic mass is 10.1. The fourth-order valence-electron chi connectivity index (χ4n) is 2.38. The third kappa shape index (κ3) is 3.76. The van der Waals surface area contributed by atoms with Crippen LogP contribution in [0.5, 0.6) is 5.75 Å². The van der Waals surface area contributed by atoms with Gasteiger partial charge in [0.15, 0.2) is 0 Å². The number of hydrogen-bond donors (Lipinski definition) is 1. The summed E-state index contributed by atoms with van der Waals surface area (Å²) in [5, 5.41) is 2.65. The van der Waals surface area contributed by atoms with Gasteiger partial charge in [-0.15, -0.1) is 0 Å². The summed E-state index contributed by atoms with van der Waals surface area (Å²) in [5.41, 5.74) is 1.09. The van der Waals surface area contributed by atoms with Crippen molar-refractivity contribution in [3.8, 4) is 5.75 Å². The molecular weight excluding hydrogens is 282 g/mol. The number of likely N-dealkylation sites (N-methyl/N-ethyl adjacent to an activating group) is 1. The number of hydrogen-bond acceptors (Lipinski definition) is 4. The predicted octanol–water partition coefficient (Wildman–Crippen LogP) is 1.46. The second-order valence-electron chi connectivity index (χ2n) is 5.39. The largest absolute Gasteiger partial charge is 0.494 e. The predicted molar refractivity (Wildman–Crippen MR) is 83.7 cm³/mol. The van der Waals surface area contributed by atoms with Crippen molar-refractivity contribution >= 4 is 11.9 Å². The Balaban J connectivity index is 1.94. The molecule has 6 heteroatoms. The molecule has 0 saturated carbocycles. The van der Waals surface area contributed by atoms with E-state index in [1.165, 1.54) is 4.90 Å². The summed E-state index contributed by atoms with van der Waals surface area (Å²) in [6.07, 6.45) is 0. The first-order chi connectivity index (χ1) is 10.5. The molecule has 1 aromatic rings. The van der Waals surface area contributed by atoms with E-state index in [2.05, 4.69) is 5.32 Å². The zero-order chi connectivity index (χ0) is 16.1. The Morgan fingerprint density at radius 1 is 1.41 bits per heavy atom. The minimum Gasteiger partial charge on any atom is -0.494 e. The van der Waals surface area contributed by atoms with Crippen molar-refractivity contribution in [1.82, 2.24) is 15.1 Å². The van der Waals surface area contributed by atoms with E-state index in [0.717, 1.165) is 11.3 Å². The number of nitrogens with one attached hydrogen (secondary N) is 1. The molecular formula is C16H23N3O3. The monoisotopic (exact) mass is 305 g/mol. The lowest BCUT2D eigenvalue weighted by molar-refractivity contribution is -0.132. The van der Waals surface area contributed by atoms with E-state index >= 15 is 0 Å². The first-order valence-electron chi connectivity index (χ1n) is 7.54. The van der Waals surface area contributed by atoms with Crippen LogP contribution in [0.2, 0.25) is 0 Å². The third-order valence-corrected chi connectivity index (χ3v) is 3.81. The summed E-state index contributed by atoms with van der Waals surface area (Å²) >= 11 is 0. The molecule has 1 aliphatic heterocycles. The number of imide groups is 1. The van der Waals surface area contributed by atoms with Gasteiger partial charge in [-0.3, -0.25) is 14.6 Å². The minimum absolute atomic E-state index is 0.163. The van der Waals surface area contributed by atoms with Gasteiger partial charge in [0.25, 0.3) is 0 Å². The van der Waals surface area contributed by atoms with Crippen molar-refractivity contribution in [2.24, 2.45) is 0 Å². The van der Waals surface area contributed by atoms with Gasteiger partial charge in [0.2, 0.25) is 5.91 Å². The van der Waals surface area contributed by atoms with E-state index in [9.17, 15) is 9.59 Å². The van der Waals surface area contributed by atoms with Gasteiger partial charge < -0.3 is 10.1 Å². The van der Waals surface area contributed by atoms with E-state index in [-0.39, 0.29) is 18.0 Å². The highest BCUT2D eigenvalue weighted by Crippen LogP contribution is 2.15. The van der Waals surface area contributed by atoms with Gasteiger partial charge >= 0.3 is 6.03 Å². The van der Waals surface area contributed by atoms with Gasteiger partial charge in [-0.05, 0) is 38.6 Å². The number of carbonyl (C=O) groups is 2. The number of amides is 3. The number of benzene rings is 1. The second kappa shape index (κ2) is 7.26. The van der Waals surface area contributed by atoms with Crippen LogP contribution in [0.4, 0.5) is 4.79 Å². The molecule has 1 N–H and O–H groups in total. The Morgan fingerprint density at radius 3 is 2.64 bits per heavy atom. The molecule has 22 heavy (non-hydrogen) atoms. The van der Waals surface area contributed by atoms with E-state index in [0.29, 0.717) is 26.2 Å². The number of urea groups is 1. The number of rotatable bonds is 6. The highest BCUT2D eigenvalue weighted by Gasteiger charge is 2.31. The first kappa shape index (κ1) is 16.3. The Morgan fingerprint density at radius 2 is 2.09 bits per heavy atom. The molecule has 2 rings (SSSR count). The van der Waals surface area contributed by atoms with Crippen LogP contribution in [0.25, 0.3) is 0 Å². The molecule has 0 radical (unpaired) electrons. The summed E-state index contributed by atoms with van der Waals surface area (Å²) in [5.74, 6) is 0.676. The molecule has 1 fully saturated rings. The smallest absolute Gasteiger partial charge is 0.324 e. The maximum atomic E-state index is 12.3. The molecule has 1 heterocycles. The summed E-state index contributed by atoms with van der Waals surface area (Å²) in [6.45, 7) is 6.02. The normalized spacial score (nSPS) is 15.8. The van der Waals surface area contributed by atoms with Crippen LogP contribution < -0.4 is 10.1 Å². The van der Waals surface area contributed by atoms with Crippen molar-refractivity contribution in [2.45, 2.75) is 26.4 Å². The van der Waals surface area contributed by atoms with Gasteiger partial charge in [-0.25, -0.2) is 4.79 Å². The quantitative estimate of drug-likeness (QED) is 0.864. The van der Waals surface area contributed by atoms with Crippen LogP contribution in [0.3, 0.4) is 0 Å². The molecule has 1 aliphatic rings. The Bertz CT molecular complexity index is 530. The SMILES string of the molecule is CCOc1ccc(CN(C)[C@@H](C)C(=O)N2CCNC2=O)cc1. The van der Waals surface area contributed by atoms with E-state index in [1.54, 1.807) is 0 Å². The van der Waals surface area contributed by atoms with Crippen molar-refractivity contribution in [3.63, 3.8) is 0 Å². The topological polar surface area (TPSA) is 61.9 Å². The van der Waals surface area contributed by atoms with Crippen molar-refractivity contribution < 1.29 is 14.3 Å². The Labute approximate surface area is 131 Å². The highest BCUT2D eigenvalue weighted by molar-refractivity contribution is 5.98. The fraction of sp³-hybridized carbons (Fsp3) is 0.500. The molecule has 1 atom stereocenters. The van der Waals surface area contributed by atoms with Crippen LogP contribution in [0.15, 0.2) is 24.3 Å². The van der Waals surface area contributed by atoms with Gasteiger partial charge in [-0.2, -0.15) is 0 Å². The van der Waals surface area contributed by atoms with E-state index in [1.807, 2.05) is 50.1 Å². The molecule has 1 saturated heterocycles. The minimum atomic E-state index is -0.351. The number of carbonyl (C=O) groups excluding carboxylic acids is 2. The maximum Gasteiger partial charge on any atom is 0.324 e. The maximum absolute atomic E-state index is 12.3. The van der Waals surface area contributed by atoms with Crippen LogP contribution in [-0.2, 0) is 11.3 Å². The average Bonchev–Trinajstić information content (AvgIpc) is 2.94. The molecule has 0 aliphatic carbocycles. The molecule has 6 nitrogen and oxygen atoms in total. The van der Waals surface area contributed by atoms with E-state index in [4.69, 9.17) is 4.74 Å². The van der Waals surface area contributed by atoms with Crippen molar-refractivity contribution in [3.05, 3.63) is 29.8 Å². The average molecular weight is 305 g/mol. The number of nitrogens with zero attached hydrogens (tertiary/aromatic N) is 2. The van der Waals surface area contributed by atoms with Crippen LogP contribution in [0.1, 0.15) is 19.4 Å². The first-order valence-corrected chi connectivity index (χ1v) is 7.54. The molecule has 0 bridgehead atoms. The van der Waals surface area contributed by atoms with Crippen LogP contribution in [-0.4, -0.2) is 54.5 Å². The van der Waals surface area contributed by atoms with Crippen molar-refractivity contribution in [1.29, 1.82) is 0 Å². The molecule has 0 spiro atoms. The van der Waals surface area contributed by atoms with Crippen LogP contribution >= 0.6 is 0 Å². The second-order valence-corrected chi connectivity index (χ2v) is 5.39. The van der Waals surface area contributed by atoms with Gasteiger partial charge in [0.1, 0.15) is 5.75 Å². The Hall–Kier alpha value is -2.08. The fourth-order valence-corrected chi connectivity index (χ4v) is 2.38.